The van der Waals surface area contributed by atoms with Crippen LogP contribution >= 0.6 is 22.3 Å². The van der Waals surface area contributed by atoms with Crippen LogP contribution < -0.4 is 10.6 Å². The topological polar surface area (TPSA) is 88.1 Å². The molecule has 0 amide bonds. The van der Waals surface area contributed by atoms with Crippen molar-refractivity contribution < 1.29 is 31.8 Å². The minimum absolute atomic E-state index is 0.0633. The third-order valence-electron chi connectivity index (χ3n) is 6.44. The average Bonchev–Trinajstić information content (AvgIpc) is 2.97. The molecule has 7 nitrogen and oxygen atoms in total. The number of rotatable bonds is 16. The van der Waals surface area contributed by atoms with Gasteiger partial charge in [0.15, 0.2) is 12.5 Å². The summed E-state index contributed by atoms with van der Waals surface area (Å²) in [5.74, 6) is 0. The minimum Gasteiger partial charge on any atom is -0.313 e. The van der Waals surface area contributed by atoms with Crippen LogP contribution in [0.5, 0.6) is 0 Å². The van der Waals surface area contributed by atoms with Crippen molar-refractivity contribution in [3.8, 4) is 0 Å². The molecule has 0 aromatic heterocycles. The standard InChI is InChI=1S/C31H41O7P3/c1-6-35-40(33,36-7-2)31(41(34,37-8-3)38-9-4)25-24-30(27-22-20-26(5)21-23-27)39(32,28-16-12-10-13-17-28)29-18-14-11-15-19-29/h10-25,30-31H,6-9H2,1-5H3/b25-24+. The van der Waals surface area contributed by atoms with Crippen LogP contribution in [-0.2, 0) is 31.8 Å². The van der Waals surface area contributed by atoms with Crippen LogP contribution in [-0.4, -0.2) is 31.8 Å². The molecule has 0 N–H and O–H groups in total. The molecular formula is C31H41O7P3. The van der Waals surface area contributed by atoms with E-state index in [2.05, 4.69) is 0 Å². The zero-order valence-corrected chi connectivity index (χ0v) is 27.1. The zero-order valence-electron chi connectivity index (χ0n) is 24.4. The molecule has 0 aliphatic heterocycles. The van der Waals surface area contributed by atoms with E-state index >= 15 is 4.57 Å². The Labute approximate surface area is 244 Å². The Morgan fingerprint density at radius 2 is 0.976 bits per heavy atom. The molecule has 0 bridgehead atoms. The predicted octanol–water partition coefficient (Wildman–Crippen LogP) is 8.46. The first-order valence-electron chi connectivity index (χ1n) is 13.9. The third-order valence-corrected chi connectivity index (χ3v) is 15.6. The van der Waals surface area contributed by atoms with Crippen LogP contribution in [0.15, 0.2) is 97.1 Å². The summed E-state index contributed by atoms with van der Waals surface area (Å²) in [6, 6.07) is 26.4. The maximum Gasteiger partial charge on any atom is 0.349 e. The van der Waals surface area contributed by atoms with Gasteiger partial charge in [0, 0.05) is 10.6 Å². The minimum atomic E-state index is -4.05. The molecule has 3 rings (SSSR count). The second kappa shape index (κ2) is 15.4. The van der Waals surface area contributed by atoms with Gasteiger partial charge in [-0.3, -0.25) is 9.13 Å². The fraction of sp³-hybridized carbons (Fsp3) is 0.355. The van der Waals surface area contributed by atoms with Gasteiger partial charge in [0.1, 0.15) is 0 Å². The molecule has 1 atom stereocenters. The second-order valence-electron chi connectivity index (χ2n) is 9.23. The largest absolute Gasteiger partial charge is 0.349 e. The van der Waals surface area contributed by atoms with E-state index in [0.717, 1.165) is 11.1 Å². The Morgan fingerprint density at radius 1 is 0.585 bits per heavy atom. The van der Waals surface area contributed by atoms with Gasteiger partial charge < -0.3 is 22.7 Å². The van der Waals surface area contributed by atoms with Gasteiger partial charge in [0.05, 0.1) is 32.1 Å². The van der Waals surface area contributed by atoms with E-state index in [0.29, 0.717) is 10.6 Å². The van der Waals surface area contributed by atoms with Crippen molar-refractivity contribution in [1.29, 1.82) is 0 Å². The van der Waals surface area contributed by atoms with Gasteiger partial charge in [-0.2, -0.15) is 0 Å². The second-order valence-corrected chi connectivity index (χ2v) is 16.9. The Hall–Kier alpha value is -2.07. The van der Waals surface area contributed by atoms with E-state index in [1.54, 1.807) is 33.8 Å². The maximum absolute atomic E-state index is 15.5. The van der Waals surface area contributed by atoms with E-state index in [-0.39, 0.29) is 26.4 Å². The van der Waals surface area contributed by atoms with E-state index in [4.69, 9.17) is 18.1 Å². The first kappa shape index (κ1) is 33.4. The molecule has 0 aliphatic rings. The number of aryl methyl sites for hydroxylation is 1. The normalized spacial score (nSPS) is 13.6. The molecule has 0 fully saturated rings. The number of hydrogen-bond acceptors (Lipinski definition) is 7. The van der Waals surface area contributed by atoms with Crippen molar-refractivity contribution in [3.05, 3.63) is 108 Å². The highest BCUT2D eigenvalue weighted by Crippen LogP contribution is 2.71. The summed E-state index contributed by atoms with van der Waals surface area (Å²) < 4.78 is 66.5. The lowest BCUT2D eigenvalue weighted by Gasteiger charge is -2.31. The smallest absolute Gasteiger partial charge is 0.313 e. The lowest BCUT2D eigenvalue weighted by atomic mass is 10.1. The Kier molecular flexibility index (Phi) is 12.6. The quantitative estimate of drug-likeness (QED) is 0.118. The first-order chi connectivity index (χ1) is 19.7. The van der Waals surface area contributed by atoms with Crippen molar-refractivity contribution in [2.45, 2.75) is 45.7 Å². The Bertz CT molecular complexity index is 1300. The van der Waals surface area contributed by atoms with Crippen molar-refractivity contribution in [3.63, 3.8) is 0 Å². The van der Waals surface area contributed by atoms with E-state index in [9.17, 15) is 9.13 Å². The third kappa shape index (κ3) is 7.86. The van der Waals surface area contributed by atoms with E-state index in [1.165, 1.54) is 6.08 Å². The first-order valence-corrected chi connectivity index (χ1v) is 18.9. The molecule has 0 spiro atoms. The molecule has 3 aromatic rings. The fourth-order valence-electron chi connectivity index (χ4n) is 4.66. The summed E-state index contributed by atoms with van der Waals surface area (Å²) in [5.41, 5.74) is 1.13. The zero-order chi connectivity index (χ0) is 29.9. The number of hydrogen-bond donors (Lipinski definition) is 0. The molecule has 222 valence electrons. The Morgan fingerprint density at radius 3 is 1.34 bits per heavy atom. The molecular weight excluding hydrogens is 577 g/mol. The summed E-state index contributed by atoms with van der Waals surface area (Å²) in [5, 5.41) is -0.0510. The van der Waals surface area contributed by atoms with Gasteiger partial charge in [0.2, 0.25) is 0 Å². The molecule has 0 heterocycles. The summed E-state index contributed by atoms with van der Waals surface area (Å²) >= 11 is 0. The van der Waals surface area contributed by atoms with Crippen LogP contribution in [0.4, 0.5) is 0 Å². The van der Waals surface area contributed by atoms with Crippen molar-refractivity contribution in [2.24, 2.45) is 0 Å². The van der Waals surface area contributed by atoms with E-state index in [1.807, 2.05) is 91.9 Å². The number of allylic oxidation sites excluding steroid dienone is 2. The van der Waals surface area contributed by atoms with Gasteiger partial charge in [-0.05, 0) is 40.2 Å². The monoisotopic (exact) mass is 618 g/mol. The predicted molar refractivity (Wildman–Crippen MR) is 168 cm³/mol. The average molecular weight is 619 g/mol. The van der Waals surface area contributed by atoms with Crippen LogP contribution in [0.25, 0.3) is 0 Å². The fourth-order valence-corrected chi connectivity index (χ4v) is 12.8. The van der Waals surface area contributed by atoms with Crippen molar-refractivity contribution in [1.82, 2.24) is 0 Å². The van der Waals surface area contributed by atoms with Gasteiger partial charge in [-0.1, -0.05) is 103 Å². The molecule has 1 unspecified atom stereocenters. The molecule has 0 radical (unpaired) electrons. The Balaban J connectivity index is 2.34. The lowest BCUT2D eigenvalue weighted by Crippen LogP contribution is -2.21. The van der Waals surface area contributed by atoms with Crippen molar-refractivity contribution in [2.75, 3.05) is 26.4 Å². The molecule has 0 saturated carbocycles. The van der Waals surface area contributed by atoms with Crippen LogP contribution in [0.1, 0.15) is 44.5 Å². The van der Waals surface area contributed by atoms with Gasteiger partial charge in [0.25, 0.3) is 0 Å². The SMILES string of the molecule is CCOP(=O)(OCC)C(/C=C/C(c1ccc(C)cc1)P(=O)(c1ccccc1)c1ccccc1)P(=O)(OCC)OCC. The molecule has 3 aromatic carbocycles. The van der Waals surface area contributed by atoms with Crippen LogP contribution in [0.2, 0.25) is 0 Å². The highest BCUT2D eigenvalue weighted by atomic mass is 31.2. The van der Waals surface area contributed by atoms with Gasteiger partial charge >= 0.3 is 15.2 Å². The summed E-state index contributed by atoms with van der Waals surface area (Å²) in [6.07, 6.45) is 3.23. The highest BCUT2D eigenvalue weighted by molar-refractivity contribution is 7.79. The van der Waals surface area contributed by atoms with Crippen LogP contribution in [0, 0.1) is 6.92 Å². The summed E-state index contributed by atoms with van der Waals surface area (Å²) in [7, 11) is -11.5. The molecule has 0 saturated heterocycles. The van der Waals surface area contributed by atoms with Crippen LogP contribution in [0.3, 0.4) is 0 Å². The lowest BCUT2D eigenvalue weighted by molar-refractivity contribution is 0.200. The van der Waals surface area contributed by atoms with Crippen molar-refractivity contribution >= 4 is 32.9 Å². The number of benzene rings is 3. The highest BCUT2D eigenvalue weighted by Gasteiger charge is 2.50. The summed E-state index contributed by atoms with van der Waals surface area (Å²) in [4.78, 5) is 0. The molecule has 10 heteroatoms. The van der Waals surface area contributed by atoms with Gasteiger partial charge in [-0.15, -0.1) is 0 Å². The maximum atomic E-state index is 15.5. The summed E-state index contributed by atoms with van der Waals surface area (Å²) in [6.45, 7) is 8.99. The molecule has 0 aliphatic carbocycles. The van der Waals surface area contributed by atoms with E-state index < -0.39 is 33.4 Å². The molecule has 41 heavy (non-hydrogen) atoms. The van der Waals surface area contributed by atoms with Gasteiger partial charge in [-0.25, -0.2) is 0 Å².